The highest BCUT2D eigenvalue weighted by atomic mass is 16.3. The first-order valence-corrected chi connectivity index (χ1v) is 7.64. The van der Waals surface area contributed by atoms with E-state index in [9.17, 15) is 5.11 Å². The predicted molar refractivity (Wildman–Crippen MR) is 82.1 cm³/mol. The Kier molecular flexibility index (Phi) is 3.92. The molecule has 1 aromatic heterocycles. The van der Waals surface area contributed by atoms with Gasteiger partial charge in [-0.1, -0.05) is 30.3 Å². The number of aromatic nitrogens is 3. The summed E-state index contributed by atoms with van der Waals surface area (Å²) < 4.78 is 1.85. The van der Waals surface area contributed by atoms with Crippen molar-refractivity contribution in [2.75, 3.05) is 18.0 Å². The third kappa shape index (κ3) is 2.78. The van der Waals surface area contributed by atoms with Crippen LogP contribution >= 0.6 is 0 Å². The van der Waals surface area contributed by atoms with Crippen LogP contribution in [0.1, 0.15) is 31.9 Å². The number of rotatable bonds is 4. The van der Waals surface area contributed by atoms with Crippen LogP contribution in [0.2, 0.25) is 0 Å². The lowest BCUT2D eigenvalue weighted by Crippen LogP contribution is -2.43. The molecule has 21 heavy (non-hydrogen) atoms. The zero-order valence-electron chi connectivity index (χ0n) is 12.4. The molecule has 0 unspecified atom stereocenters. The van der Waals surface area contributed by atoms with Gasteiger partial charge in [-0.2, -0.15) is 0 Å². The largest absolute Gasteiger partial charge is 0.383 e. The number of aliphatic hydroxyl groups is 1. The Labute approximate surface area is 125 Å². The van der Waals surface area contributed by atoms with Gasteiger partial charge in [-0.3, -0.25) is 0 Å². The third-order valence-corrected chi connectivity index (χ3v) is 4.24. The summed E-state index contributed by atoms with van der Waals surface area (Å²) in [5.74, 6) is 0. The van der Waals surface area contributed by atoms with E-state index in [4.69, 9.17) is 0 Å². The minimum atomic E-state index is -0.802. The SMILES string of the molecule is CCCn1nncc1C1(O)CCN(c2ccccc2)CC1. The number of piperidine rings is 1. The molecule has 1 aromatic carbocycles. The highest BCUT2D eigenvalue weighted by Crippen LogP contribution is 2.34. The van der Waals surface area contributed by atoms with Gasteiger partial charge in [-0.15, -0.1) is 5.10 Å². The molecule has 1 aliphatic heterocycles. The number of anilines is 1. The fraction of sp³-hybridized carbons (Fsp3) is 0.500. The zero-order valence-corrected chi connectivity index (χ0v) is 12.4. The van der Waals surface area contributed by atoms with Crippen LogP contribution in [0.25, 0.3) is 0 Å². The van der Waals surface area contributed by atoms with Gasteiger partial charge in [0.05, 0.1) is 11.9 Å². The minimum absolute atomic E-state index is 0.707. The van der Waals surface area contributed by atoms with Crippen LogP contribution in [0.5, 0.6) is 0 Å². The van der Waals surface area contributed by atoms with Gasteiger partial charge in [0.25, 0.3) is 0 Å². The van der Waals surface area contributed by atoms with Crippen molar-refractivity contribution in [2.45, 2.75) is 38.3 Å². The van der Waals surface area contributed by atoms with E-state index in [1.807, 2.05) is 10.7 Å². The van der Waals surface area contributed by atoms with Crippen LogP contribution in [-0.4, -0.2) is 33.2 Å². The summed E-state index contributed by atoms with van der Waals surface area (Å²) in [6, 6.07) is 10.4. The molecule has 0 bridgehead atoms. The molecule has 2 heterocycles. The van der Waals surface area contributed by atoms with Gasteiger partial charge in [0.15, 0.2) is 0 Å². The lowest BCUT2D eigenvalue weighted by atomic mass is 9.88. The van der Waals surface area contributed by atoms with Crippen LogP contribution in [0.15, 0.2) is 36.5 Å². The van der Waals surface area contributed by atoms with Gasteiger partial charge >= 0.3 is 0 Å². The van der Waals surface area contributed by atoms with Crippen molar-refractivity contribution in [3.8, 4) is 0 Å². The van der Waals surface area contributed by atoms with E-state index in [1.165, 1.54) is 5.69 Å². The molecule has 0 aliphatic carbocycles. The molecule has 1 saturated heterocycles. The van der Waals surface area contributed by atoms with Crippen LogP contribution in [0.4, 0.5) is 5.69 Å². The average Bonchev–Trinajstić information content (AvgIpc) is 2.98. The van der Waals surface area contributed by atoms with E-state index < -0.39 is 5.60 Å². The second-order valence-electron chi connectivity index (χ2n) is 5.70. The second-order valence-corrected chi connectivity index (χ2v) is 5.70. The fourth-order valence-electron chi connectivity index (χ4n) is 3.02. The zero-order chi connectivity index (χ0) is 14.7. The average molecular weight is 286 g/mol. The topological polar surface area (TPSA) is 54.2 Å². The van der Waals surface area contributed by atoms with E-state index in [-0.39, 0.29) is 0 Å². The minimum Gasteiger partial charge on any atom is -0.383 e. The second kappa shape index (κ2) is 5.85. The van der Waals surface area contributed by atoms with Gasteiger partial charge in [0.2, 0.25) is 0 Å². The highest BCUT2D eigenvalue weighted by Gasteiger charge is 2.37. The molecule has 1 fully saturated rings. The van der Waals surface area contributed by atoms with Gasteiger partial charge in [0.1, 0.15) is 5.60 Å². The summed E-state index contributed by atoms with van der Waals surface area (Å²) in [7, 11) is 0. The van der Waals surface area contributed by atoms with Crippen molar-refractivity contribution < 1.29 is 5.11 Å². The summed E-state index contributed by atoms with van der Waals surface area (Å²) in [6.07, 6.45) is 4.12. The Hall–Kier alpha value is -1.88. The number of nitrogens with zero attached hydrogens (tertiary/aromatic N) is 4. The molecule has 1 N–H and O–H groups in total. The Bertz CT molecular complexity index is 573. The molecule has 0 radical (unpaired) electrons. The van der Waals surface area contributed by atoms with Gasteiger partial charge in [-0.05, 0) is 31.4 Å². The van der Waals surface area contributed by atoms with Crippen molar-refractivity contribution in [3.05, 3.63) is 42.2 Å². The third-order valence-electron chi connectivity index (χ3n) is 4.24. The molecule has 112 valence electrons. The number of benzene rings is 1. The molecule has 0 amide bonds. The maximum absolute atomic E-state index is 11.0. The molecule has 0 atom stereocenters. The summed E-state index contributed by atoms with van der Waals surface area (Å²) in [4.78, 5) is 2.32. The molecule has 2 aromatic rings. The fourth-order valence-corrected chi connectivity index (χ4v) is 3.02. The smallest absolute Gasteiger partial charge is 0.111 e. The van der Waals surface area contributed by atoms with Crippen LogP contribution in [0, 0.1) is 0 Å². The Balaban J connectivity index is 1.73. The first-order valence-electron chi connectivity index (χ1n) is 7.64. The lowest BCUT2D eigenvalue weighted by Gasteiger charge is -2.39. The van der Waals surface area contributed by atoms with Crippen molar-refractivity contribution in [3.63, 3.8) is 0 Å². The van der Waals surface area contributed by atoms with Crippen molar-refractivity contribution in [1.82, 2.24) is 15.0 Å². The van der Waals surface area contributed by atoms with E-state index in [0.29, 0.717) is 12.8 Å². The quantitative estimate of drug-likeness (QED) is 0.936. The summed E-state index contributed by atoms with van der Waals surface area (Å²) >= 11 is 0. The Morgan fingerprint density at radius 1 is 1.19 bits per heavy atom. The molecule has 3 rings (SSSR count). The first-order chi connectivity index (χ1) is 10.2. The number of para-hydroxylation sites is 1. The maximum Gasteiger partial charge on any atom is 0.111 e. The highest BCUT2D eigenvalue weighted by molar-refractivity contribution is 5.46. The van der Waals surface area contributed by atoms with Crippen molar-refractivity contribution >= 4 is 5.69 Å². The van der Waals surface area contributed by atoms with Gasteiger partial charge in [0, 0.05) is 25.3 Å². The van der Waals surface area contributed by atoms with Crippen LogP contribution in [-0.2, 0) is 12.1 Å². The van der Waals surface area contributed by atoms with Crippen LogP contribution in [0.3, 0.4) is 0 Å². The van der Waals surface area contributed by atoms with Crippen molar-refractivity contribution in [2.24, 2.45) is 0 Å². The molecular formula is C16H22N4O. The molecule has 0 spiro atoms. The van der Waals surface area contributed by atoms with E-state index in [1.54, 1.807) is 6.20 Å². The summed E-state index contributed by atoms with van der Waals surface area (Å²) in [5, 5.41) is 19.1. The van der Waals surface area contributed by atoms with E-state index in [0.717, 1.165) is 31.7 Å². The molecule has 1 aliphatic rings. The van der Waals surface area contributed by atoms with E-state index >= 15 is 0 Å². The molecule has 5 heteroatoms. The monoisotopic (exact) mass is 286 g/mol. The van der Waals surface area contributed by atoms with Crippen LogP contribution < -0.4 is 4.90 Å². The standard InChI is InChI=1S/C16H22N4O/c1-2-10-20-15(13-17-18-20)16(21)8-11-19(12-9-16)14-6-4-3-5-7-14/h3-7,13,21H,2,8-12H2,1H3. The molecule has 0 saturated carbocycles. The number of hydrogen-bond acceptors (Lipinski definition) is 4. The lowest BCUT2D eigenvalue weighted by molar-refractivity contribution is 0.00316. The maximum atomic E-state index is 11.0. The normalized spacial score (nSPS) is 17.9. The first kappa shape index (κ1) is 14.1. The number of hydrogen-bond donors (Lipinski definition) is 1. The number of aryl methyl sites for hydroxylation is 1. The van der Waals surface area contributed by atoms with E-state index in [2.05, 4.69) is 46.4 Å². The van der Waals surface area contributed by atoms with Crippen molar-refractivity contribution in [1.29, 1.82) is 0 Å². The summed E-state index contributed by atoms with van der Waals surface area (Å²) in [5.41, 5.74) is 1.28. The Morgan fingerprint density at radius 2 is 1.90 bits per heavy atom. The van der Waals surface area contributed by atoms with Gasteiger partial charge in [-0.25, -0.2) is 4.68 Å². The summed E-state index contributed by atoms with van der Waals surface area (Å²) in [6.45, 7) is 4.60. The predicted octanol–water partition coefficient (Wildman–Crippen LogP) is 2.18. The Morgan fingerprint density at radius 3 is 2.57 bits per heavy atom. The van der Waals surface area contributed by atoms with Gasteiger partial charge < -0.3 is 10.0 Å². The molecular weight excluding hydrogens is 264 g/mol. The molecule has 5 nitrogen and oxygen atoms in total.